The van der Waals surface area contributed by atoms with Crippen LogP contribution in [0.1, 0.15) is 51.4 Å². The highest BCUT2D eigenvalue weighted by Crippen LogP contribution is 2.46. The number of likely N-dealkylation sites (tertiary alicyclic amines) is 1. The van der Waals surface area contributed by atoms with Crippen molar-refractivity contribution < 1.29 is 9.53 Å². The van der Waals surface area contributed by atoms with Gasteiger partial charge in [-0.3, -0.25) is 4.79 Å². The molecule has 0 spiro atoms. The number of carbonyl (C=O) groups excluding carboxylic acids is 1. The Labute approximate surface area is 128 Å². The molecule has 3 aliphatic rings. The van der Waals surface area contributed by atoms with Crippen molar-refractivity contribution in [2.45, 2.75) is 57.4 Å². The lowest BCUT2D eigenvalue weighted by Gasteiger charge is -2.36. The van der Waals surface area contributed by atoms with Crippen LogP contribution in [0.15, 0.2) is 0 Å². The van der Waals surface area contributed by atoms with Crippen LogP contribution in [-0.4, -0.2) is 50.2 Å². The van der Waals surface area contributed by atoms with E-state index in [4.69, 9.17) is 4.74 Å². The van der Waals surface area contributed by atoms with Gasteiger partial charge in [-0.15, -0.1) is 0 Å². The molecule has 2 aliphatic carbocycles. The fraction of sp³-hybridized carbons (Fsp3) is 0.941. The van der Waals surface area contributed by atoms with E-state index in [2.05, 4.69) is 10.2 Å². The summed E-state index contributed by atoms with van der Waals surface area (Å²) in [5.74, 6) is 0.896. The number of methoxy groups -OCH3 is 1. The van der Waals surface area contributed by atoms with Gasteiger partial charge >= 0.3 is 0 Å². The van der Waals surface area contributed by atoms with Gasteiger partial charge in [0.25, 0.3) is 0 Å². The molecule has 3 rings (SSSR count). The molecule has 4 nitrogen and oxygen atoms in total. The van der Waals surface area contributed by atoms with Crippen LogP contribution in [0.4, 0.5) is 0 Å². The summed E-state index contributed by atoms with van der Waals surface area (Å²) in [6.07, 6.45) is 10.1. The first kappa shape index (κ1) is 15.3. The Morgan fingerprint density at radius 3 is 2.43 bits per heavy atom. The average molecular weight is 294 g/mol. The number of ether oxygens (including phenoxy) is 1. The Balaban J connectivity index is 1.36. The summed E-state index contributed by atoms with van der Waals surface area (Å²) >= 11 is 0. The molecule has 4 heteroatoms. The maximum atomic E-state index is 12.2. The normalized spacial score (nSPS) is 26.9. The summed E-state index contributed by atoms with van der Waals surface area (Å²) in [7, 11) is 1.69. The zero-order chi connectivity index (χ0) is 14.7. The minimum Gasteiger partial charge on any atom is -0.384 e. The van der Waals surface area contributed by atoms with Crippen molar-refractivity contribution in [3.63, 3.8) is 0 Å². The smallest absolute Gasteiger partial charge is 0.228 e. The highest BCUT2D eigenvalue weighted by atomic mass is 16.5. The van der Waals surface area contributed by atoms with Crippen LogP contribution in [0.3, 0.4) is 0 Å². The van der Waals surface area contributed by atoms with Crippen LogP contribution in [0, 0.1) is 11.3 Å². The molecule has 3 fully saturated rings. The molecule has 0 unspecified atom stereocenters. The number of hydrogen-bond acceptors (Lipinski definition) is 3. The van der Waals surface area contributed by atoms with E-state index in [9.17, 15) is 4.79 Å². The molecule has 0 aromatic carbocycles. The molecule has 0 aromatic rings. The molecule has 1 N–H and O–H groups in total. The van der Waals surface area contributed by atoms with Crippen LogP contribution in [0.25, 0.3) is 0 Å². The molecule has 0 aromatic heterocycles. The van der Waals surface area contributed by atoms with Gasteiger partial charge in [0.1, 0.15) is 0 Å². The summed E-state index contributed by atoms with van der Waals surface area (Å²) < 4.78 is 5.19. The Kier molecular flexibility index (Phi) is 4.85. The Hall–Kier alpha value is -0.610. The van der Waals surface area contributed by atoms with Crippen molar-refractivity contribution in [3.8, 4) is 0 Å². The molecule has 1 aliphatic heterocycles. The third-order valence-corrected chi connectivity index (χ3v) is 5.80. The number of rotatable bonds is 6. The molecule has 1 saturated heterocycles. The molecule has 0 bridgehead atoms. The maximum absolute atomic E-state index is 12.2. The zero-order valence-corrected chi connectivity index (χ0v) is 13.4. The van der Waals surface area contributed by atoms with Gasteiger partial charge in [0.2, 0.25) is 5.91 Å². The summed E-state index contributed by atoms with van der Waals surface area (Å²) in [4.78, 5) is 14.9. The molecular formula is C17H30N2O2. The van der Waals surface area contributed by atoms with Crippen LogP contribution >= 0.6 is 0 Å². The van der Waals surface area contributed by atoms with Gasteiger partial charge in [0, 0.05) is 19.7 Å². The number of nitrogens with zero attached hydrogens (tertiary/aromatic N) is 1. The van der Waals surface area contributed by atoms with E-state index in [0.717, 1.165) is 25.4 Å². The van der Waals surface area contributed by atoms with Crippen LogP contribution < -0.4 is 5.32 Å². The predicted octanol–water partition coefficient (Wildman–Crippen LogP) is 2.18. The van der Waals surface area contributed by atoms with Crippen molar-refractivity contribution >= 4 is 5.91 Å². The highest BCUT2D eigenvalue weighted by molar-refractivity contribution is 5.85. The van der Waals surface area contributed by atoms with Gasteiger partial charge in [-0.2, -0.15) is 0 Å². The summed E-state index contributed by atoms with van der Waals surface area (Å²) in [5, 5.41) is 3.19. The van der Waals surface area contributed by atoms with Crippen LogP contribution in [0.5, 0.6) is 0 Å². The first-order chi connectivity index (χ1) is 10.2. The lowest BCUT2D eigenvalue weighted by atomic mass is 9.95. The number of carbonyl (C=O) groups is 1. The van der Waals surface area contributed by atoms with Gasteiger partial charge in [0.15, 0.2) is 0 Å². The van der Waals surface area contributed by atoms with Crippen molar-refractivity contribution in [1.29, 1.82) is 0 Å². The lowest BCUT2D eigenvalue weighted by Crippen LogP contribution is -2.44. The second-order valence-electron chi connectivity index (χ2n) is 7.34. The van der Waals surface area contributed by atoms with Crippen LogP contribution in [0.2, 0.25) is 0 Å². The topological polar surface area (TPSA) is 41.6 Å². The zero-order valence-electron chi connectivity index (χ0n) is 13.4. The molecule has 0 radical (unpaired) electrons. The monoisotopic (exact) mass is 294 g/mol. The molecule has 0 atom stereocenters. The minimum absolute atomic E-state index is 0.181. The van der Waals surface area contributed by atoms with E-state index < -0.39 is 0 Å². The van der Waals surface area contributed by atoms with E-state index in [-0.39, 0.29) is 11.3 Å². The van der Waals surface area contributed by atoms with Crippen molar-refractivity contribution in [2.75, 3.05) is 33.4 Å². The molecule has 21 heavy (non-hydrogen) atoms. The lowest BCUT2D eigenvalue weighted by molar-refractivity contribution is -0.128. The fourth-order valence-electron chi connectivity index (χ4n) is 4.08. The van der Waals surface area contributed by atoms with Gasteiger partial charge in [0.05, 0.1) is 12.0 Å². The molecule has 1 heterocycles. The predicted molar refractivity (Wildman–Crippen MR) is 83.1 cm³/mol. The van der Waals surface area contributed by atoms with Crippen LogP contribution in [-0.2, 0) is 9.53 Å². The van der Waals surface area contributed by atoms with E-state index >= 15 is 0 Å². The largest absolute Gasteiger partial charge is 0.384 e. The van der Waals surface area contributed by atoms with E-state index in [1.807, 2.05) is 0 Å². The Morgan fingerprint density at radius 2 is 1.86 bits per heavy atom. The summed E-state index contributed by atoms with van der Waals surface area (Å²) in [6.45, 7) is 3.91. The molecular weight excluding hydrogens is 264 g/mol. The SMILES string of the molecule is COCC1(C(=O)NCC2CCN(C3CCCC3)CC2)CC1. The van der Waals surface area contributed by atoms with E-state index in [1.54, 1.807) is 7.11 Å². The van der Waals surface area contributed by atoms with E-state index in [0.29, 0.717) is 12.5 Å². The standard InChI is InChI=1S/C17H30N2O2/c1-21-13-17(8-9-17)16(20)18-12-14-6-10-19(11-7-14)15-4-2-3-5-15/h14-15H,2-13H2,1H3,(H,18,20). The number of nitrogens with one attached hydrogen (secondary N) is 1. The third-order valence-electron chi connectivity index (χ3n) is 5.80. The van der Waals surface area contributed by atoms with Gasteiger partial charge in [-0.1, -0.05) is 12.8 Å². The average Bonchev–Trinajstić information content (AvgIpc) is 3.09. The Bertz CT molecular complexity index is 354. The summed E-state index contributed by atoms with van der Waals surface area (Å²) in [6, 6.07) is 0.858. The van der Waals surface area contributed by atoms with Gasteiger partial charge < -0.3 is 15.0 Å². The summed E-state index contributed by atoms with van der Waals surface area (Å²) in [5.41, 5.74) is -0.181. The van der Waals surface area contributed by atoms with Gasteiger partial charge in [-0.05, 0) is 57.5 Å². The number of hydrogen-bond donors (Lipinski definition) is 1. The van der Waals surface area contributed by atoms with Crippen molar-refractivity contribution in [1.82, 2.24) is 10.2 Å². The third kappa shape index (κ3) is 3.59. The van der Waals surface area contributed by atoms with E-state index in [1.165, 1.54) is 51.6 Å². The van der Waals surface area contributed by atoms with Crippen molar-refractivity contribution in [2.24, 2.45) is 11.3 Å². The molecule has 2 saturated carbocycles. The molecule has 1 amide bonds. The number of piperidine rings is 1. The Morgan fingerprint density at radius 1 is 1.19 bits per heavy atom. The second kappa shape index (κ2) is 6.66. The van der Waals surface area contributed by atoms with Crippen molar-refractivity contribution in [3.05, 3.63) is 0 Å². The maximum Gasteiger partial charge on any atom is 0.228 e. The molecule has 120 valence electrons. The minimum atomic E-state index is -0.181. The highest BCUT2D eigenvalue weighted by Gasteiger charge is 2.49. The quantitative estimate of drug-likeness (QED) is 0.816. The number of amides is 1. The first-order valence-electron chi connectivity index (χ1n) is 8.75. The van der Waals surface area contributed by atoms with Gasteiger partial charge in [-0.25, -0.2) is 0 Å². The fourth-order valence-corrected chi connectivity index (χ4v) is 4.08. The second-order valence-corrected chi connectivity index (χ2v) is 7.34. The first-order valence-corrected chi connectivity index (χ1v) is 8.75.